The second-order valence-corrected chi connectivity index (χ2v) is 23.4. The van der Waals surface area contributed by atoms with Gasteiger partial charge in [0, 0.05) is 67.7 Å². The van der Waals surface area contributed by atoms with E-state index in [-0.39, 0.29) is 62.2 Å². The van der Waals surface area contributed by atoms with E-state index in [1.165, 1.54) is 46.9 Å². The largest absolute Gasteiger partial charge is 0.451 e. The number of esters is 4. The van der Waals surface area contributed by atoms with Gasteiger partial charge in [-0.15, -0.1) is 0 Å². The van der Waals surface area contributed by atoms with E-state index in [0.717, 1.165) is 44.7 Å². The van der Waals surface area contributed by atoms with Crippen molar-refractivity contribution in [2.45, 2.75) is 163 Å². The molecule has 2 aliphatic rings. The lowest BCUT2D eigenvalue weighted by Crippen LogP contribution is -2.55. The topological polar surface area (TPSA) is 193 Å². The molecule has 18 heteroatoms. The van der Waals surface area contributed by atoms with E-state index in [0.29, 0.717) is 17.7 Å². The molecule has 0 unspecified atom stereocenters. The van der Waals surface area contributed by atoms with E-state index in [4.69, 9.17) is 18.9 Å². The van der Waals surface area contributed by atoms with Gasteiger partial charge in [-0.1, -0.05) is 122 Å². The van der Waals surface area contributed by atoms with Crippen molar-refractivity contribution in [3.8, 4) is 0 Å². The standard InChI is InChI=1S/C62H88N6O12/c1-38(2)31-49-59(73)77-43(10)56(70)65(13)52(34-41(7)8)62(76)80-54(36-45-25-27-46(28-26-45)37-68-30-29-63(11)47-23-19-20-24-48(47)68)58(72)67(15)50(32-39(3)4)60(74)78-42(9)55(69)64(12)51(33-40(5)6)61(75)79-53(57(71)66(49)14)35-44-21-17-16-18-22-44/h16-28,38-43,49-54H,29-37H2,1-15H3/t42-,43-,49+,50+,51+,52+,53-,54-/m1/s1. The summed E-state index contributed by atoms with van der Waals surface area (Å²) in [4.78, 5) is 126. The van der Waals surface area contributed by atoms with Crippen LogP contribution in [0.25, 0.3) is 0 Å². The first-order valence-electron chi connectivity index (χ1n) is 28.2. The predicted molar refractivity (Wildman–Crippen MR) is 306 cm³/mol. The maximum absolute atomic E-state index is 15.1. The molecule has 2 heterocycles. The minimum absolute atomic E-state index is 0.0874. The van der Waals surface area contributed by atoms with Gasteiger partial charge in [-0.05, 0) is 92.0 Å². The molecule has 0 saturated carbocycles. The van der Waals surface area contributed by atoms with E-state index in [1.54, 1.807) is 30.3 Å². The molecule has 1 saturated heterocycles. The van der Waals surface area contributed by atoms with Crippen LogP contribution in [0.2, 0.25) is 0 Å². The zero-order valence-corrected chi connectivity index (χ0v) is 49.9. The molecule has 8 atom stereocenters. The summed E-state index contributed by atoms with van der Waals surface area (Å²) in [6, 6.07) is 19.7. The molecule has 0 N–H and O–H groups in total. The maximum Gasteiger partial charge on any atom is 0.329 e. The van der Waals surface area contributed by atoms with Crippen molar-refractivity contribution in [2.75, 3.05) is 58.1 Å². The van der Waals surface area contributed by atoms with Crippen LogP contribution in [0.15, 0.2) is 78.9 Å². The van der Waals surface area contributed by atoms with Crippen LogP contribution in [-0.4, -0.2) is 164 Å². The van der Waals surface area contributed by atoms with Crippen molar-refractivity contribution in [2.24, 2.45) is 23.7 Å². The molecule has 3 aromatic rings. The molecule has 438 valence electrons. The number of amides is 4. The number of rotatable bonds is 14. The average molecular weight is 1110 g/mol. The molecule has 18 nitrogen and oxygen atoms in total. The molecule has 2 aliphatic heterocycles. The molecular weight excluding hydrogens is 1020 g/mol. The quantitative estimate of drug-likeness (QED) is 0.117. The molecule has 5 rings (SSSR count). The summed E-state index contributed by atoms with van der Waals surface area (Å²) in [5.74, 6) is -7.23. The fourth-order valence-electron chi connectivity index (χ4n) is 10.3. The number of benzene rings is 3. The third-order valence-electron chi connectivity index (χ3n) is 14.9. The molecule has 0 spiro atoms. The van der Waals surface area contributed by atoms with Crippen molar-refractivity contribution >= 4 is 58.9 Å². The van der Waals surface area contributed by atoms with Crippen LogP contribution < -0.4 is 9.80 Å². The van der Waals surface area contributed by atoms with Gasteiger partial charge in [-0.3, -0.25) is 19.2 Å². The first kappa shape index (κ1) is 63.8. The summed E-state index contributed by atoms with van der Waals surface area (Å²) in [7, 11) is 7.68. The Morgan fingerprint density at radius 1 is 0.400 bits per heavy atom. The Morgan fingerprint density at radius 3 is 1.11 bits per heavy atom. The molecule has 3 aromatic carbocycles. The summed E-state index contributed by atoms with van der Waals surface area (Å²) in [6.45, 7) is 19.9. The predicted octanol–water partition coefficient (Wildman–Crippen LogP) is 7.12. The summed E-state index contributed by atoms with van der Waals surface area (Å²) < 4.78 is 24.2. The highest BCUT2D eigenvalue weighted by Crippen LogP contribution is 2.33. The minimum atomic E-state index is -1.52. The number of carbonyl (C=O) groups excluding carboxylic acids is 8. The Hall–Kier alpha value is -6.98. The monoisotopic (exact) mass is 1110 g/mol. The lowest BCUT2D eigenvalue weighted by Gasteiger charge is -2.37. The number of hydrogen-bond acceptors (Lipinski definition) is 14. The number of ether oxygens (including phenoxy) is 4. The number of carbonyl (C=O) groups is 8. The van der Waals surface area contributed by atoms with E-state index < -0.39 is 96.1 Å². The summed E-state index contributed by atoms with van der Waals surface area (Å²) >= 11 is 0. The first-order chi connectivity index (χ1) is 37.7. The summed E-state index contributed by atoms with van der Waals surface area (Å²) in [5.41, 5.74) is 4.56. The molecule has 0 radical (unpaired) electrons. The SMILES string of the molecule is CC(C)C[C@H]1C(=O)O[C@H](Cc2ccc(CN3CCN(C)c4ccccc43)cc2)C(=O)N(C)[C@@H](CC(C)C)C(=O)O[C@H](C)C(=O)N(C)[C@@H](CC(C)C)C(=O)O[C@H](Cc2ccccc2)C(=O)N(C)[C@@H](CC(C)C)C(=O)O[C@H](C)C(=O)N1C. The molecular formula is C62H88N6O12. The zero-order valence-electron chi connectivity index (χ0n) is 49.9. The van der Waals surface area contributed by atoms with Crippen molar-refractivity contribution in [3.63, 3.8) is 0 Å². The van der Waals surface area contributed by atoms with Gasteiger partial charge in [0.25, 0.3) is 23.6 Å². The zero-order chi connectivity index (χ0) is 59.3. The van der Waals surface area contributed by atoms with Gasteiger partial charge in [0.2, 0.25) is 0 Å². The number of para-hydroxylation sites is 2. The second-order valence-electron chi connectivity index (χ2n) is 23.4. The summed E-state index contributed by atoms with van der Waals surface area (Å²) in [5, 5.41) is 0. The summed E-state index contributed by atoms with van der Waals surface area (Å²) in [6.07, 6.45) is -5.74. The molecule has 0 aromatic heterocycles. The molecule has 4 amide bonds. The number of anilines is 2. The van der Waals surface area contributed by atoms with Crippen molar-refractivity contribution in [1.29, 1.82) is 0 Å². The van der Waals surface area contributed by atoms with Crippen LogP contribution in [-0.2, 0) is 76.7 Å². The van der Waals surface area contributed by atoms with E-state index >= 15 is 4.79 Å². The molecule has 0 aliphatic carbocycles. The van der Waals surface area contributed by atoms with Crippen LogP contribution in [0.4, 0.5) is 11.4 Å². The van der Waals surface area contributed by atoms with E-state index in [9.17, 15) is 33.6 Å². The highest BCUT2D eigenvalue weighted by molar-refractivity contribution is 5.94. The molecule has 1 fully saturated rings. The normalized spacial score (nSPS) is 24.1. The van der Waals surface area contributed by atoms with Crippen molar-refractivity contribution < 1.29 is 57.3 Å². The minimum Gasteiger partial charge on any atom is -0.451 e. The van der Waals surface area contributed by atoms with Gasteiger partial charge < -0.3 is 48.3 Å². The Labute approximate surface area is 474 Å². The van der Waals surface area contributed by atoms with Crippen LogP contribution in [0.5, 0.6) is 0 Å². The van der Waals surface area contributed by atoms with Gasteiger partial charge in [0.05, 0.1) is 11.4 Å². The number of cyclic esters (lactones) is 4. The average Bonchev–Trinajstić information content (AvgIpc) is 3.41. The lowest BCUT2D eigenvalue weighted by atomic mass is 9.99. The van der Waals surface area contributed by atoms with Crippen LogP contribution in [0.1, 0.15) is 112 Å². The van der Waals surface area contributed by atoms with Gasteiger partial charge in [0.1, 0.15) is 24.2 Å². The van der Waals surface area contributed by atoms with Gasteiger partial charge in [-0.2, -0.15) is 0 Å². The van der Waals surface area contributed by atoms with Gasteiger partial charge in [-0.25, -0.2) is 19.2 Å². The highest BCUT2D eigenvalue weighted by atomic mass is 16.6. The Kier molecular flexibility index (Phi) is 23.1. The number of nitrogens with zero attached hydrogens (tertiary/aromatic N) is 6. The van der Waals surface area contributed by atoms with Crippen LogP contribution in [0.3, 0.4) is 0 Å². The van der Waals surface area contributed by atoms with E-state index in [2.05, 4.69) is 29.0 Å². The van der Waals surface area contributed by atoms with Crippen LogP contribution >= 0.6 is 0 Å². The molecule has 0 bridgehead atoms. The first-order valence-corrected chi connectivity index (χ1v) is 28.2. The number of likely N-dealkylation sites (N-methyl/N-ethyl adjacent to an activating group) is 5. The Morgan fingerprint density at radius 2 is 0.725 bits per heavy atom. The van der Waals surface area contributed by atoms with Gasteiger partial charge >= 0.3 is 23.9 Å². The third-order valence-corrected chi connectivity index (χ3v) is 14.9. The number of fused-ring (bicyclic) bond motifs is 1. The van der Waals surface area contributed by atoms with E-state index in [1.807, 2.05) is 91.8 Å². The number of hydrogen-bond donors (Lipinski definition) is 0. The molecule has 80 heavy (non-hydrogen) atoms. The fraction of sp³-hybridized carbons (Fsp3) is 0.581. The second kappa shape index (κ2) is 28.9. The highest BCUT2D eigenvalue weighted by Gasteiger charge is 2.43. The van der Waals surface area contributed by atoms with Crippen LogP contribution in [0, 0.1) is 23.7 Å². The Bertz CT molecular complexity index is 2590. The fourth-order valence-corrected chi connectivity index (χ4v) is 10.3. The Balaban J connectivity index is 1.58. The lowest BCUT2D eigenvalue weighted by molar-refractivity contribution is -0.176. The van der Waals surface area contributed by atoms with Crippen molar-refractivity contribution in [3.05, 3.63) is 95.6 Å². The smallest absolute Gasteiger partial charge is 0.329 e. The third kappa shape index (κ3) is 17.0. The maximum atomic E-state index is 15.1. The van der Waals surface area contributed by atoms with Crippen molar-refractivity contribution in [1.82, 2.24) is 19.6 Å². The van der Waals surface area contributed by atoms with Gasteiger partial charge in [0.15, 0.2) is 24.4 Å².